The molecule has 14 heavy (non-hydrogen) atoms. The molecule has 0 aromatic heterocycles. The van der Waals surface area contributed by atoms with Gasteiger partial charge in [-0.15, -0.1) is 0 Å². The Balaban J connectivity index is 3.19. The van der Waals surface area contributed by atoms with Gasteiger partial charge in [-0.2, -0.15) is 0 Å². The van der Waals surface area contributed by atoms with Gasteiger partial charge in [-0.25, -0.2) is 0 Å². The third kappa shape index (κ3) is 2.11. The van der Waals surface area contributed by atoms with Crippen LogP contribution in [0.25, 0.3) is 0 Å². The summed E-state index contributed by atoms with van der Waals surface area (Å²) in [5, 5.41) is 0. The maximum absolute atomic E-state index is 11.4. The fraction of sp³-hybridized carbons (Fsp3) is 0.308. The summed E-state index contributed by atoms with van der Waals surface area (Å²) in [5.74, 6) is 0.365. The second-order valence-corrected chi connectivity index (χ2v) is 3.71. The Hall–Kier alpha value is -1.37. The van der Waals surface area contributed by atoms with Gasteiger partial charge in [0.2, 0.25) is 0 Å². The normalized spacial score (nSPS) is 12.2. The van der Waals surface area contributed by atoms with Crippen molar-refractivity contribution in [1.29, 1.82) is 0 Å². The number of hydrogen-bond donors (Lipinski definition) is 0. The van der Waals surface area contributed by atoms with Crippen LogP contribution >= 0.6 is 0 Å². The molecule has 1 rings (SSSR count). The highest BCUT2D eigenvalue weighted by Gasteiger charge is 2.12. The lowest BCUT2D eigenvalue weighted by atomic mass is 9.90. The van der Waals surface area contributed by atoms with Crippen molar-refractivity contribution in [2.75, 3.05) is 0 Å². The monoisotopic (exact) mass is 188 g/mol. The number of carbonyl (C=O) groups excluding carboxylic acids is 1. The Morgan fingerprint density at radius 3 is 2.36 bits per heavy atom. The van der Waals surface area contributed by atoms with Crippen LogP contribution in [0.5, 0.6) is 0 Å². The molecule has 0 spiro atoms. The molecule has 74 valence electrons. The van der Waals surface area contributed by atoms with Crippen molar-refractivity contribution in [1.82, 2.24) is 0 Å². The highest BCUT2D eigenvalue weighted by molar-refractivity contribution is 5.95. The largest absolute Gasteiger partial charge is 0.295 e. The molecule has 1 atom stereocenters. The van der Waals surface area contributed by atoms with Crippen molar-refractivity contribution >= 4 is 5.78 Å². The topological polar surface area (TPSA) is 17.1 Å². The summed E-state index contributed by atoms with van der Waals surface area (Å²) < 4.78 is 0. The number of hydrogen-bond acceptors (Lipinski definition) is 1. The molecule has 0 radical (unpaired) electrons. The molecule has 1 aromatic carbocycles. The highest BCUT2D eigenvalue weighted by Crippen LogP contribution is 2.25. The Morgan fingerprint density at radius 2 is 1.86 bits per heavy atom. The van der Waals surface area contributed by atoms with Crippen LogP contribution in [0.4, 0.5) is 0 Å². The molecule has 0 saturated heterocycles. The van der Waals surface area contributed by atoms with Gasteiger partial charge in [-0.1, -0.05) is 43.3 Å². The van der Waals surface area contributed by atoms with Gasteiger partial charge in [0.1, 0.15) is 0 Å². The summed E-state index contributed by atoms with van der Waals surface area (Å²) in [6.07, 6.45) is 0. The summed E-state index contributed by atoms with van der Waals surface area (Å²) in [5.41, 5.74) is 2.97. The van der Waals surface area contributed by atoms with E-state index in [1.165, 1.54) is 0 Å². The van der Waals surface area contributed by atoms with E-state index in [4.69, 9.17) is 0 Å². The van der Waals surface area contributed by atoms with E-state index in [2.05, 4.69) is 13.5 Å². The first-order valence-corrected chi connectivity index (χ1v) is 4.79. The van der Waals surface area contributed by atoms with Crippen LogP contribution < -0.4 is 0 Å². The minimum absolute atomic E-state index is 0.119. The van der Waals surface area contributed by atoms with E-state index < -0.39 is 0 Å². The molecule has 0 heterocycles. The van der Waals surface area contributed by atoms with Gasteiger partial charge < -0.3 is 0 Å². The Bertz CT molecular complexity index is 363. The van der Waals surface area contributed by atoms with E-state index in [0.29, 0.717) is 0 Å². The molecule has 0 aliphatic heterocycles. The lowest BCUT2D eigenvalue weighted by Crippen LogP contribution is -2.03. The van der Waals surface area contributed by atoms with Crippen LogP contribution in [0.3, 0.4) is 0 Å². The zero-order valence-corrected chi connectivity index (χ0v) is 9.00. The Labute approximate surface area is 85.5 Å². The van der Waals surface area contributed by atoms with Crippen molar-refractivity contribution in [2.24, 2.45) is 0 Å². The van der Waals surface area contributed by atoms with Crippen LogP contribution in [-0.4, -0.2) is 5.78 Å². The lowest BCUT2D eigenvalue weighted by Gasteiger charge is -2.14. The molecule has 1 heteroatoms. The van der Waals surface area contributed by atoms with E-state index >= 15 is 0 Å². The van der Waals surface area contributed by atoms with Gasteiger partial charge >= 0.3 is 0 Å². The van der Waals surface area contributed by atoms with E-state index in [-0.39, 0.29) is 11.7 Å². The maximum Gasteiger partial charge on any atom is 0.160 e. The zero-order valence-electron chi connectivity index (χ0n) is 9.00. The number of rotatable bonds is 3. The molecule has 0 amide bonds. The van der Waals surface area contributed by atoms with E-state index in [1.54, 1.807) is 6.92 Å². The van der Waals surface area contributed by atoms with Crippen LogP contribution in [0.15, 0.2) is 36.4 Å². The van der Waals surface area contributed by atoms with E-state index in [1.807, 2.05) is 31.2 Å². The van der Waals surface area contributed by atoms with Crippen molar-refractivity contribution in [3.05, 3.63) is 47.5 Å². The lowest BCUT2D eigenvalue weighted by molar-refractivity contribution is 0.101. The van der Waals surface area contributed by atoms with Gasteiger partial charge in [0, 0.05) is 11.5 Å². The SMILES string of the molecule is C=C(C)C(C)c1ccccc1C(C)=O. The summed E-state index contributed by atoms with van der Waals surface area (Å²) in [7, 11) is 0. The minimum Gasteiger partial charge on any atom is -0.295 e. The molecule has 1 unspecified atom stereocenters. The van der Waals surface area contributed by atoms with Crippen LogP contribution in [-0.2, 0) is 0 Å². The fourth-order valence-electron chi connectivity index (χ4n) is 1.46. The smallest absolute Gasteiger partial charge is 0.160 e. The zero-order chi connectivity index (χ0) is 10.7. The molecule has 0 aliphatic rings. The molecule has 0 saturated carbocycles. The number of Topliss-reactive ketones (excluding diaryl/α,β-unsaturated/α-hetero) is 1. The molecule has 1 aromatic rings. The number of ketones is 1. The Morgan fingerprint density at radius 1 is 1.29 bits per heavy atom. The first kappa shape index (κ1) is 10.7. The van der Waals surface area contributed by atoms with Crippen molar-refractivity contribution in [2.45, 2.75) is 26.7 Å². The molecule has 1 nitrogen and oxygen atoms in total. The Kier molecular flexibility index (Phi) is 3.23. The van der Waals surface area contributed by atoms with Crippen LogP contribution in [0.1, 0.15) is 42.6 Å². The second-order valence-electron chi connectivity index (χ2n) is 3.71. The second kappa shape index (κ2) is 4.23. The van der Waals surface area contributed by atoms with E-state index in [9.17, 15) is 4.79 Å². The first-order chi connectivity index (χ1) is 6.54. The number of allylic oxidation sites excluding steroid dienone is 1. The average Bonchev–Trinajstić information content (AvgIpc) is 2.16. The van der Waals surface area contributed by atoms with Gasteiger partial charge in [0.25, 0.3) is 0 Å². The standard InChI is InChI=1S/C13H16O/c1-9(2)10(3)12-7-5-6-8-13(12)11(4)14/h5-8,10H,1H2,2-4H3. The highest BCUT2D eigenvalue weighted by atomic mass is 16.1. The molecular formula is C13H16O. The third-order valence-corrected chi connectivity index (χ3v) is 2.55. The maximum atomic E-state index is 11.4. The summed E-state index contributed by atoms with van der Waals surface area (Å²) in [6, 6.07) is 7.72. The predicted octanol–water partition coefficient (Wildman–Crippen LogP) is 3.57. The van der Waals surface area contributed by atoms with Crippen molar-refractivity contribution in [3.63, 3.8) is 0 Å². The quantitative estimate of drug-likeness (QED) is 0.523. The third-order valence-electron chi connectivity index (χ3n) is 2.55. The van der Waals surface area contributed by atoms with Crippen LogP contribution in [0.2, 0.25) is 0 Å². The number of carbonyl (C=O) groups is 1. The molecule has 0 aliphatic carbocycles. The predicted molar refractivity (Wildman–Crippen MR) is 59.7 cm³/mol. The summed E-state index contributed by atoms with van der Waals surface area (Å²) >= 11 is 0. The van der Waals surface area contributed by atoms with Gasteiger partial charge in [0.15, 0.2) is 5.78 Å². The summed E-state index contributed by atoms with van der Waals surface area (Å²) in [6.45, 7) is 9.58. The molecular weight excluding hydrogens is 172 g/mol. The van der Waals surface area contributed by atoms with Gasteiger partial charge in [0.05, 0.1) is 0 Å². The molecule has 0 bridgehead atoms. The molecule has 0 N–H and O–H groups in total. The first-order valence-electron chi connectivity index (χ1n) is 4.79. The number of benzene rings is 1. The summed E-state index contributed by atoms with van der Waals surface area (Å²) in [4.78, 5) is 11.4. The van der Waals surface area contributed by atoms with E-state index in [0.717, 1.165) is 16.7 Å². The fourth-order valence-corrected chi connectivity index (χ4v) is 1.46. The van der Waals surface area contributed by atoms with Crippen LogP contribution in [0, 0.1) is 0 Å². The van der Waals surface area contributed by atoms with Crippen molar-refractivity contribution in [3.8, 4) is 0 Å². The minimum atomic E-state index is 0.119. The van der Waals surface area contributed by atoms with Gasteiger partial charge in [-0.05, 0) is 19.4 Å². The average molecular weight is 188 g/mol. The van der Waals surface area contributed by atoms with Crippen molar-refractivity contribution < 1.29 is 4.79 Å². The van der Waals surface area contributed by atoms with Gasteiger partial charge in [-0.3, -0.25) is 4.79 Å². The molecule has 0 fully saturated rings.